The maximum absolute atomic E-state index is 12.4. The van der Waals surface area contributed by atoms with Crippen molar-refractivity contribution in [2.24, 2.45) is 0 Å². The molecule has 0 saturated heterocycles. The number of halogens is 4. The third-order valence-electron chi connectivity index (χ3n) is 4.85. The van der Waals surface area contributed by atoms with Gasteiger partial charge in [0.25, 0.3) is 0 Å². The van der Waals surface area contributed by atoms with Crippen molar-refractivity contribution in [2.45, 2.75) is 26.1 Å². The zero-order valence-electron chi connectivity index (χ0n) is 17.0. The molecule has 3 aromatic carbocycles. The van der Waals surface area contributed by atoms with Gasteiger partial charge in [0.05, 0.1) is 0 Å². The molecule has 0 atom stereocenters. The summed E-state index contributed by atoms with van der Waals surface area (Å²) in [7, 11) is 0. The molecule has 0 bridgehead atoms. The predicted molar refractivity (Wildman–Crippen MR) is 121 cm³/mol. The van der Waals surface area contributed by atoms with Gasteiger partial charge in [-0.15, -0.1) is 13.2 Å². The molecule has 160 valence electrons. The minimum atomic E-state index is -4.70. The number of ether oxygens (including phenoxy) is 1. The molecular weight excluding hydrogens is 421 g/mol. The first kappa shape index (κ1) is 22.7. The molecule has 0 heterocycles. The second-order valence-corrected chi connectivity index (χ2v) is 7.66. The van der Waals surface area contributed by atoms with E-state index in [1.54, 1.807) is 12.1 Å². The van der Waals surface area contributed by atoms with Gasteiger partial charge in [0.1, 0.15) is 5.75 Å². The molecule has 5 heteroatoms. The van der Waals surface area contributed by atoms with Crippen LogP contribution >= 0.6 is 11.6 Å². The fraction of sp³-hybridized carbons (Fsp3) is 0.154. The number of hydrogen-bond donors (Lipinski definition) is 0. The Kier molecular flexibility index (Phi) is 7.24. The Morgan fingerprint density at radius 2 is 1.65 bits per heavy atom. The molecule has 0 radical (unpaired) electrons. The van der Waals surface area contributed by atoms with E-state index in [9.17, 15) is 13.2 Å². The topological polar surface area (TPSA) is 9.23 Å². The standard InChI is InChI=1S/C26H22ClF3O/c1-18-7-6-10-24(21-8-4-3-5-9-21)25(18)22(17-19(2)27)14-11-20-12-15-23(16-13-20)31-26(28,29)30/h3-10,12-13,15-17H,2,11,14H2,1H3/b22-17-. The maximum Gasteiger partial charge on any atom is 0.573 e. The highest BCUT2D eigenvalue weighted by molar-refractivity contribution is 6.31. The van der Waals surface area contributed by atoms with Crippen molar-refractivity contribution in [1.82, 2.24) is 0 Å². The van der Waals surface area contributed by atoms with Gasteiger partial charge in [0.2, 0.25) is 0 Å². The molecule has 3 rings (SSSR count). The summed E-state index contributed by atoms with van der Waals surface area (Å²) in [6.07, 6.45) is -1.56. The number of alkyl halides is 3. The van der Waals surface area contributed by atoms with Crippen LogP contribution < -0.4 is 4.74 Å². The van der Waals surface area contributed by atoms with E-state index in [1.165, 1.54) is 12.1 Å². The van der Waals surface area contributed by atoms with Crippen LogP contribution in [-0.4, -0.2) is 6.36 Å². The van der Waals surface area contributed by atoms with Crippen molar-refractivity contribution in [1.29, 1.82) is 0 Å². The Labute approximate surface area is 185 Å². The first-order valence-electron chi connectivity index (χ1n) is 9.78. The highest BCUT2D eigenvalue weighted by Crippen LogP contribution is 2.35. The summed E-state index contributed by atoms with van der Waals surface area (Å²) >= 11 is 6.14. The normalized spacial score (nSPS) is 12.0. The summed E-state index contributed by atoms with van der Waals surface area (Å²) in [5.41, 5.74) is 6.31. The zero-order valence-corrected chi connectivity index (χ0v) is 17.8. The van der Waals surface area contributed by atoms with Crippen LogP contribution in [0.1, 0.15) is 23.1 Å². The van der Waals surface area contributed by atoms with Crippen molar-refractivity contribution in [3.63, 3.8) is 0 Å². The van der Waals surface area contributed by atoms with Crippen molar-refractivity contribution < 1.29 is 17.9 Å². The summed E-state index contributed by atoms with van der Waals surface area (Å²) < 4.78 is 41.1. The number of rotatable bonds is 7. The van der Waals surface area contributed by atoms with Crippen LogP contribution in [0.25, 0.3) is 16.7 Å². The highest BCUT2D eigenvalue weighted by Gasteiger charge is 2.30. The van der Waals surface area contributed by atoms with Gasteiger partial charge >= 0.3 is 6.36 Å². The smallest absolute Gasteiger partial charge is 0.406 e. The third kappa shape index (κ3) is 6.50. The average molecular weight is 443 g/mol. The molecule has 0 amide bonds. The van der Waals surface area contributed by atoms with Gasteiger partial charge in [-0.1, -0.05) is 78.8 Å². The molecule has 31 heavy (non-hydrogen) atoms. The van der Waals surface area contributed by atoms with Crippen molar-refractivity contribution in [3.05, 3.63) is 107 Å². The quantitative estimate of drug-likeness (QED) is 0.334. The van der Waals surface area contributed by atoms with Gasteiger partial charge in [-0.2, -0.15) is 0 Å². The molecule has 0 aliphatic carbocycles. The van der Waals surface area contributed by atoms with Crippen LogP contribution in [0, 0.1) is 6.92 Å². The van der Waals surface area contributed by atoms with E-state index in [0.717, 1.165) is 33.4 Å². The van der Waals surface area contributed by atoms with Crippen LogP contribution in [0.5, 0.6) is 5.75 Å². The first-order valence-corrected chi connectivity index (χ1v) is 10.2. The Hall–Kier alpha value is -2.98. The van der Waals surface area contributed by atoms with E-state index in [4.69, 9.17) is 11.6 Å². The second-order valence-electron chi connectivity index (χ2n) is 7.17. The Balaban J connectivity index is 1.89. The lowest BCUT2D eigenvalue weighted by atomic mass is 9.88. The van der Waals surface area contributed by atoms with E-state index in [1.807, 2.05) is 30.3 Å². The minimum Gasteiger partial charge on any atom is -0.406 e. The number of allylic oxidation sites excluding steroid dienone is 3. The van der Waals surface area contributed by atoms with E-state index in [-0.39, 0.29) is 5.75 Å². The van der Waals surface area contributed by atoms with Crippen molar-refractivity contribution in [2.75, 3.05) is 0 Å². The van der Waals surface area contributed by atoms with Gasteiger partial charge in [-0.05, 0) is 71.4 Å². The average Bonchev–Trinajstić information content (AvgIpc) is 2.71. The van der Waals surface area contributed by atoms with Gasteiger partial charge < -0.3 is 4.74 Å². The van der Waals surface area contributed by atoms with E-state index in [2.05, 4.69) is 42.5 Å². The summed E-state index contributed by atoms with van der Waals surface area (Å²) in [6.45, 7) is 5.87. The summed E-state index contributed by atoms with van der Waals surface area (Å²) in [6, 6.07) is 22.2. The molecule has 0 aliphatic heterocycles. The second kappa shape index (κ2) is 9.88. The van der Waals surface area contributed by atoms with Crippen LogP contribution in [0.15, 0.2) is 90.5 Å². The first-order chi connectivity index (χ1) is 14.7. The number of hydrogen-bond acceptors (Lipinski definition) is 1. The largest absolute Gasteiger partial charge is 0.573 e. The molecule has 0 unspecified atom stereocenters. The SMILES string of the molecule is C=C(Cl)/C=C(/CCc1ccc(OC(F)(F)F)cc1)c1c(C)cccc1-c1ccccc1. The lowest BCUT2D eigenvalue weighted by Crippen LogP contribution is -2.17. The fourth-order valence-electron chi connectivity index (χ4n) is 3.55. The lowest BCUT2D eigenvalue weighted by molar-refractivity contribution is -0.274. The summed E-state index contributed by atoms with van der Waals surface area (Å²) in [5.74, 6) is -0.230. The molecular formula is C26H22ClF3O. The molecule has 0 spiro atoms. The van der Waals surface area contributed by atoms with Crippen LogP contribution in [0.3, 0.4) is 0 Å². The highest BCUT2D eigenvalue weighted by atomic mass is 35.5. The monoisotopic (exact) mass is 442 g/mol. The van der Waals surface area contributed by atoms with Crippen molar-refractivity contribution in [3.8, 4) is 16.9 Å². The molecule has 0 aliphatic rings. The molecule has 1 nitrogen and oxygen atoms in total. The molecule has 0 saturated carbocycles. The lowest BCUT2D eigenvalue weighted by Gasteiger charge is -2.17. The molecule has 0 aromatic heterocycles. The summed E-state index contributed by atoms with van der Waals surface area (Å²) in [5, 5.41) is 0.422. The van der Waals surface area contributed by atoms with Gasteiger partial charge in [0, 0.05) is 5.03 Å². The molecule has 3 aromatic rings. The minimum absolute atomic E-state index is 0.230. The number of benzene rings is 3. The van der Waals surface area contributed by atoms with Crippen LogP contribution in [0.2, 0.25) is 0 Å². The Morgan fingerprint density at radius 1 is 0.968 bits per heavy atom. The summed E-state index contributed by atoms with van der Waals surface area (Å²) in [4.78, 5) is 0. The zero-order chi connectivity index (χ0) is 22.4. The molecule has 0 N–H and O–H groups in total. The van der Waals surface area contributed by atoms with Gasteiger partial charge in [-0.25, -0.2) is 0 Å². The van der Waals surface area contributed by atoms with E-state index < -0.39 is 6.36 Å². The van der Waals surface area contributed by atoms with Gasteiger partial charge in [-0.3, -0.25) is 0 Å². The van der Waals surface area contributed by atoms with E-state index >= 15 is 0 Å². The van der Waals surface area contributed by atoms with Gasteiger partial charge in [0.15, 0.2) is 0 Å². The van der Waals surface area contributed by atoms with E-state index in [0.29, 0.717) is 17.9 Å². The predicted octanol–water partition coefficient (Wildman–Crippen LogP) is 8.33. The Bertz CT molecular complexity index is 1070. The maximum atomic E-state index is 12.4. The van der Waals surface area contributed by atoms with Crippen LogP contribution in [0.4, 0.5) is 13.2 Å². The fourth-order valence-corrected chi connectivity index (χ4v) is 3.68. The molecule has 0 fully saturated rings. The van der Waals surface area contributed by atoms with Crippen molar-refractivity contribution >= 4 is 17.2 Å². The Morgan fingerprint density at radius 3 is 2.26 bits per heavy atom. The van der Waals surface area contributed by atoms with Crippen LogP contribution in [-0.2, 0) is 6.42 Å². The number of aryl methyl sites for hydroxylation is 2. The third-order valence-corrected chi connectivity index (χ3v) is 4.96.